The van der Waals surface area contributed by atoms with Crippen molar-refractivity contribution in [3.63, 3.8) is 0 Å². The molecule has 17 heavy (non-hydrogen) atoms. The Bertz CT molecular complexity index is 369. The molecule has 1 aromatic rings. The van der Waals surface area contributed by atoms with E-state index in [2.05, 4.69) is 29.6 Å². The van der Waals surface area contributed by atoms with Crippen molar-refractivity contribution in [1.29, 1.82) is 0 Å². The molecule has 2 heteroatoms. The summed E-state index contributed by atoms with van der Waals surface area (Å²) in [6, 6.07) is 9.40. The molecule has 1 saturated carbocycles. The minimum atomic E-state index is 0.695. The summed E-state index contributed by atoms with van der Waals surface area (Å²) in [6.45, 7) is 4.38. The summed E-state index contributed by atoms with van der Waals surface area (Å²) in [7, 11) is 0. The smallest absolute Gasteiger partial charge is 0.0721 e. The molecular weight excluding hydrogens is 210 g/mol. The second kappa shape index (κ2) is 6.58. The van der Waals surface area contributed by atoms with Gasteiger partial charge in [-0.1, -0.05) is 36.4 Å². The fraction of sp³-hybridized carbons (Fsp3) is 0.467. The summed E-state index contributed by atoms with van der Waals surface area (Å²) in [6.07, 6.45) is 6.72. The summed E-state index contributed by atoms with van der Waals surface area (Å²) in [4.78, 5) is 0. The Morgan fingerprint density at radius 2 is 2.18 bits per heavy atom. The van der Waals surface area contributed by atoms with Crippen LogP contribution in [0, 0.1) is 0 Å². The third-order valence-electron chi connectivity index (χ3n) is 2.88. The van der Waals surface area contributed by atoms with Crippen LogP contribution in [0.1, 0.15) is 30.9 Å². The second-order valence-corrected chi connectivity index (χ2v) is 4.56. The molecule has 92 valence electrons. The van der Waals surface area contributed by atoms with Crippen molar-refractivity contribution in [2.75, 3.05) is 6.61 Å². The molecule has 0 atom stereocenters. The number of hydrogen-bond acceptors (Lipinski definition) is 2. The maximum atomic E-state index is 5.55. The van der Waals surface area contributed by atoms with Crippen LogP contribution in [0.4, 0.5) is 0 Å². The molecule has 0 heterocycles. The minimum Gasteiger partial charge on any atom is -0.373 e. The third-order valence-corrected chi connectivity index (χ3v) is 2.88. The fourth-order valence-electron chi connectivity index (χ4n) is 1.72. The third kappa shape index (κ3) is 4.72. The normalized spacial score (nSPS) is 15.6. The highest BCUT2D eigenvalue weighted by Gasteiger charge is 2.19. The van der Waals surface area contributed by atoms with E-state index in [1.807, 2.05) is 19.1 Å². The van der Waals surface area contributed by atoms with E-state index in [1.165, 1.54) is 24.0 Å². The molecule has 0 unspecified atom stereocenters. The maximum absolute atomic E-state index is 5.55. The first-order valence-corrected chi connectivity index (χ1v) is 6.38. The van der Waals surface area contributed by atoms with Gasteiger partial charge in [-0.2, -0.15) is 0 Å². The quantitative estimate of drug-likeness (QED) is 0.575. The molecule has 0 aromatic heterocycles. The second-order valence-electron chi connectivity index (χ2n) is 4.56. The van der Waals surface area contributed by atoms with E-state index < -0.39 is 0 Å². The van der Waals surface area contributed by atoms with Crippen molar-refractivity contribution >= 4 is 0 Å². The lowest BCUT2D eigenvalue weighted by molar-refractivity contribution is 0.148. The molecule has 0 spiro atoms. The number of allylic oxidation sites excluding steroid dienone is 1. The molecule has 1 aromatic carbocycles. The fourth-order valence-corrected chi connectivity index (χ4v) is 1.72. The zero-order chi connectivity index (χ0) is 11.9. The van der Waals surface area contributed by atoms with Crippen molar-refractivity contribution in [2.24, 2.45) is 0 Å². The Labute approximate surface area is 104 Å². The van der Waals surface area contributed by atoms with Crippen molar-refractivity contribution in [1.82, 2.24) is 5.32 Å². The summed E-state index contributed by atoms with van der Waals surface area (Å²) in [5.74, 6) is 0. The van der Waals surface area contributed by atoms with E-state index in [-0.39, 0.29) is 0 Å². The van der Waals surface area contributed by atoms with Crippen molar-refractivity contribution in [2.45, 2.75) is 39.0 Å². The molecule has 1 aliphatic carbocycles. The predicted molar refractivity (Wildman–Crippen MR) is 70.8 cm³/mol. The lowest BCUT2D eigenvalue weighted by Gasteiger charge is -2.06. The lowest BCUT2D eigenvalue weighted by Crippen LogP contribution is -2.15. The monoisotopic (exact) mass is 231 g/mol. The van der Waals surface area contributed by atoms with Gasteiger partial charge in [-0.15, -0.1) is 0 Å². The van der Waals surface area contributed by atoms with E-state index in [0.29, 0.717) is 13.2 Å². The van der Waals surface area contributed by atoms with Gasteiger partial charge in [0.05, 0.1) is 13.2 Å². The molecule has 0 amide bonds. The van der Waals surface area contributed by atoms with Crippen LogP contribution in [0.2, 0.25) is 0 Å². The van der Waals surface area contributed by atoms with Gasteiger partial charge in [-0.3, -0.25) is 0 Å². The largest absolute Gasteiger partial charge is 0.373 e. The van der Waals surface area contributed by atoms with Crippen LogP contribution in [0.25, 0.3) is 0 Å². The van der Waals surface area contributed by atoms with E-state index >= 15 is 0 Å². The minimum absolute atomic E-state index is 0.695. The van der Waals surface area contributed by atoms with E-state index in [1.54, 1.807) is 0 Å². The van der Waals surface area contributed by atoms with E-state index in [9.17, 15) is 0 Å². The Hall–Kier alpha value is -1.12. The highest BCUT2D eigenvalue weighted by Crippen LogP contribution is 2.19. The van der Waals surface area contributed by atoms with E-state index in [4.69, 9.17) is 4.74 Å². The van der Waals surface area contributed by atoms with Crippen molar-refractivity contribution < 1.29 is 4.74 Å². The number of benzene rings is 1. The Balaban J connectivity index is 1.77. The molecule has 0 aliphatic heterocycles. The zero-order valence-corrected chi connectivity index (χ0v) is 10.5. The average Bonchev–Trinajstić information content (AvgIpc) is 3.17. The Morgan fingerprint density at radius 3 is 2.94 bits per heavy atom. The summed E-state index contributed by atoms with van der Waals surface area (Å²) >= 11 is 0. The number of ether oxygens (including phenoxy) is 1. The van der Waals surface area contributed by atoms with Crippen LogP contribution >= 0.6 is 0 Å². The maximum Gasteiger partial charge on any atom is 0.0721 e. The molecule has 0 saturated heterocycles. The SMILES string of the molecule is CC=CCOCc1cccc(CNC2CC2)c1. The van der Waals surface area contributed by atoms with Crippen LogP contribution in [0.3, 0.4) is 0 Å². The molecule has 1 fully saturated rings. The van der Waals surface area contributed by atoms with Gasteiger partial charge in [0.25, 0.3) is 0 Å². The highest BCUT2D eigenvalue weighted by atomic mass is 16.5. The molecule has 1 aliphatic rings. The number of nitrogens with one attached hydrogen (secondary N) is 1. The van der Waals surface area contributed by atoms with Gasteiger partial charge in [-0.05, 0) is 30.9 Å². The number of rotatable bonds is 7. The predicted octanol–water partition coefficient (Wildman–Crippen LogP) is 3.03. The van der Waals surface area contributed by atoms with Gasteiger partial charge >= 0.3 is 0 Å². The van der Waals surface area contributed by atoms with Crippen LogP contribution in [0.5, 0.6) is 0 Å². The van der Waals surface area contributed by atoms with Gasteiger partial charge in [0, 0.05) is 12.6 Å². The van der Waals surface area contributed by atoms with Gasteiger partial charge in [-0.25, -0.2) is 0 Å². The molecule has 1 N–H and O–H groups in total. The molecule has 2 nitrogen and oxygen atoms in total. The van der Waals surface area contributed by atoms with Crippen LogP contribution in [-0.4, -0.2) is 12.6 Å². The topological polar surface area (TPSA) is 21.3 Å². The lowest BCUT2D eigenvalue weighted by atomic mass is 10.1. The van der Waals surface area contributed by atoms with E-state index in [0.717, 1.165) is 12.6 Å². The first kappa shape index (κ1) is 12.3. The van der Waals surface area contributed by atoms with Crippen LogP contribution < -0.4 is 5.32 Å². The average molecular weight is 231 g/mol. The first-order chi connectivity index (χ1) is 8.38. The molecular formula is C15H21NO. The summed E-state index contributed by atoms with van der Waals surface area (Å²) < 4.78 is 5.55. The molecule has 2 rings (SSSR count). The van der Waals surface area contributed by atoms with Gasteiger partial charge in [0.1, 0.15) is 0 Å². The molecule has 0 radical (unpaired) electrons. The zero-order valence-electron chi connectivity index (χ0n) is 10.5. The van der Waals surface area contributed by atoms with Crippen molar-refractivity contribution in [3.8, 4) is 0 Å². The highest BCUT2D eigenvalue weighted by molar-refractivity contribution is 5.23. The van der Waals surface area contributed by atoms with Gasteiger partial charge in [0.2, 0.25) is 0 Å². The standard InChI is InChI=1S/C15H21NO/c1-2-3-9-17-12-14-6-4-5-13(10-14)11-16-15-7-8-15/h2-6,10,15-16H,7-9,11-12H2,1H3. The van der Waals surface area contributed by atoms with Crippen LogP contribution in [-0.2, 0) is 17.9 Å². The summed E-state index contributed by atoms with van der Waals surface area (Å²) in [5.41, 5.74) is 2.61. The Morgan fingerprint density at radius 1 is 1.35 bits per heavy atom. The van der Waals surface area contributed by atoms with Crippen LogP contribution in [0.15, 0.2) is 36.4 Å². The Kier molecular flexibility index (Phi) is 4.77. The van der Waals surface area contributed by atoms with Gasteiger partial charge < -0.3 is 10.1 Å². The van der Waals surface area contributed by atoms with Crippen molar-refractivity contribution in [3.05, 3.63) is 47.5 Å². The first-order valence-electron chi connectivity index (χ1n) is 6.38. The molecule has 0 bridgehead atoms. The van der Waals surface area contributed by atoms with Gasteiger partial charge in [0.15, 0.2) is 0 Å². The number of hydrogen-bond donors (Lipinski definition) is 1. The summed E-state index contributed by atoms with van der Waals surface area (Å²) in [5, 5.41) is 3.52.